The highest BCUT2D eigenvalue weighted by atomic mass is 16.8. The van der Waals surface area contributed by atoms with Crippen molar-refractivity contribution in [1.29, 1.82) is 0 Å². The normalized spacial score (nSPS) is 47.5. The fraction of sp³-hybridized carbons (Fsp3) is 0.917. The molecule has 0 aromatic heterocycles. The Balaban J connectivity index is 1.07. The maximum absolute atomic E-state index is 13.3. The van der Waals surface area contributed by atoms with E-state index < -0.39 is 408 Å². The van der Waals surface area contributed by atoms with Crippen LogP contribution in [0.1, 0.15) is 41.5 Å². The first-order valence-electron chi connectivity index (χ1n) is 41.1. The largest absolute Gasteiger partial charge is 0.394 e. The summed E-state index contributed by atoms with van der Waals surface area (Å²) < 4.78 is 115. The number of carbonyl (C=O) groups is 6. The molecule has 32 N–H and O–H groups in total. The van der Waals surface area contributed by atoms with Gasteiger partial charge in [-0.05, 0) is 0 Å². The summed E-state index contributed by atoms with van der Waals surface area (Å²) in [5.74, 6) is -5.52. The minimum absolute atomic E-state index is 0.820. The molecule has 10 aliphatic rings. The Bertz CT molecular complexity index is 3570. The first-order chi connectivity index (χ1) is 61.0. The molecular weight excluding hydrogens is 1760 g/mol. The van der Waals surface area contributed by atoms with Crippen molar-refractivity contribution in [2.45, 2.75) is 348 Å². The molecule has 50 atom stereocenters. The Morgan fingerprint density at radius 2 is 0.442 bits per heavy atom. The maximum atomic E-state index is 13.3. The molecule has 57 heteroatoms. The number of hydrogen-bond acceptors (Lipinski definition) is 51. The van der Waals surface area contributed by atoms with E-state index in [1.54, 1.807) is 0 Å². The van der Waals surface area contributed by atoms with E-state index in [0.717, 1.165) is 41.5 Å². The molecular formula is C72H120N6O51. The second-order valence-corrected chi connectivity index (χ2v) is 32.5. The van der Waals surface area contributed by atoms with Gasteiger partial charge in [-0.3, -0.25) is 28.8 Å². The number of rotatable bonds is 34. The number of ether oxygens (including phenoxy) is 19. The van der Waals surface area contributed by atoms with Gasteiger partial charge in [0.15, 0.2) is 62.9 Å². The lowest BCUT2D eigenvalue weighted by Gasteiger charge is -2.52. The van der Waals surface area contributed by atoms with Crippen molar-refractivity contribution in [3.8, 4) is 0 Å². The van der Waals surface area contributed by atoms with Crippen LogP contribution in [0.5, 0.6) is 0 Å². The minimum atomic E-state index is -2.73. The predicted molar refractivity (Wildman–Crippen MR) is 399 cm³/mol. The van der Waals surface area contributed by atoms with Gasteiger partial charge in [-0.2, -0.15) is 0 Å². The molecule has 0 radical (unpaired) electrons. The van der Waals surface area contributed by atoms with Crippen LogP contribution >= 0.6 is 0 Å². The zero-order chi connectivity index (χ0) is 95.1. The van der Waals surface area contributed by atoms with E-state index in [1.807, 2.05) is 0 Å². The molecule has 10 rings (SSSR count). The standard InChI is InChI=1S/C72H120N6O51/c1-17(87)73-33-48(102)56(27(11-83)113-63(33)110)123-67-37(77-21(5)91)49(103)58(29(13-85)118-67)126-70-55(109)60(44(98)32(121-70)16-112-71-61(128-66-36(76-20(4)90)47(101)41(95)25(9-81)116-66)52(106)43(97)31(122-71)15-111-64-34(74-18(2)88)45(99)39(93)23(7-79)114-64)127-72-62(54(108)59(30(14-86)120-72)124-65-35(75-19(3)89)46(100)40(94)24(8-80)115-65)129-68-38(78-22(6)92)50(104)57(28(12-84)119-68)125-69-53(107)51(105)42(96)26(10-82)117-69/h23-72,79-86,93-110H,7-16H2,1-6H3,(H,73,87)(H,74,88)(H,75,89)(H,76,90)(H,77,91)(H,78,92)/t23-,24-,25-,26-,27-,28-,29-,30-,31-,32-,33-,34-,35-,36-,37-,38-,39-,40-,41-,42+,43-,44-,45-,46-,47-,48-,49-,50-,51+,52+,53-,54+,55+,56-,57-,58-,59-,60+,61+,62+,63?,64-,65+,66+,67+,68+,69+,70+,71+,72-/m1/s1. The molecule has 0 aromatic rings. The van der Waals surface area contributed by atoms with Crippen LogP contribution in [0.4, 0.5) is 0 Å². The highest BCUT2D eigenvalue weighted by Crippen LogP contribution is 2.41. The van der Waals surface area contributed by atoms with Crippen LogP contribution in [0.3, 0.4) is 0 Å². The van der Waals surface area contributed by atoms with Gasteiger partial charge in [0, 0.05) is 41.5 Å². The number of nitrogens with one attached hydrogen (secondary N) is 6. The lowest BCUT2D eigenvalue weighted by molar-refractivity contribution is -0.405. The van der Waals surface area contributed by atoms with Gasteiger partial charge >= 0.3 is 0 Å². The van der Waals surface area contributed by atoms with E-state index in [1.165, 1.54) is 0 Å². The van der Waals surface area contributed by atoms with Crippen molar-refractivity contribution in [2.24, 2.45) is 0 Å². The summed E-state index contributed by atoms with van der Waals surface area (Å²) >= 11 is 0. The van der Waals surface area contributed by atoms with Crippen molar-refractivity contribution < 1.29 is 252 Å². The second-order valence-electron chi connectivity index (χ2n) is 32.5. The summed E-state index contributed by atoms with van der Waals surface area (Å²) in [5.41, 5.74) is 0. The first-order valence-corrected chi connectivity index (χ1v) is 41.1. The van der Waals surface area contributed by atoms with Crippen molar-refractivity contribution in [1.82, 2.24) is 31.9 Å². The van der Waals surface area contributed by atoms with Crippen LogP contribution in [-0.2, 0) is 119 Å². The predicted octanol–water partition coefficient (Wildman–Crippen LogP) is -21.9. The van der Waals surface area contributed by atoms with Gasteiger partial charge in [-0.1, -0.05) is 0 Å². The summed E-state index contributed by atoms with van der Waals surface area (Å²) in [6, 6.07) is -11.2. The fourth-order valence-electron chi connectivity index (χ4n) is 16.6. The summed E-state index contributed by atoms with van der Waals surface area (Å²) in [4.78, 5) is 76.8. The monoisotopic (exact) mass is 1880 g/mol. The molecule has 6 amide bonds. The SMILES string of the molecule is CC(=O)N[C@H]1[C@H](O[C@H]2[C@H](O)[C@@H](NC(C)=O)C(O)O[C@@H]2CO)O[C@H](CO)[C@@H](O[C@@H]2O[C@H](CO[C@H]3O[C@H](CO[C@@H]4O[C@H](CO)[C@@H](O)[C@H](O)[C@H]4NC(C)=O)[C@@H](O)[C@H](O)[C@@H]3O[C@@H]3O[C@H](CO)[C@@H](O)[C@H](O)[C@H]3NC(C)=O)[C@@H](O)[C@H](O[C@H]3O[C@H](CO)[C@@H](O[C@@H]4O[C@H](CO)[C@@H](O)[C@H](O)[C@H]4NC(C)=O)[C@H](O)[C@@H]3O[C@@H]3O[C@H](CO)[C@@H](O[C@@H]4O[C@H](CO)[C@H](O)[C@H](O)[C@H]4O)[C@H](O)[C@H]3NC(C)=O)[C@@H]2O)[C@@H]1O. The van der Waals surface area contributed by atoms with Gasteiger partial charge in [0.1, 0.15) is 244 Å². The van der Waals surface area contributed by atoms with Crippen LogP contribution in [-0.4, -0.2) is 541 Å². The molecule has 0 bridgehead atoms. The van der Waals surface area contributed by atoms with Crippen molar-refractivity contribution in [3.05, 3.63) is 0 Å². The topological polar surface area (TPSA) is 876 Å². The third kappa shape index (κ3) is 24.2. The Morgan fingerprint density at radius 3 is 0.829 bits per heavy atom. The molecule has 0 spiro atoms. The molecule has 0 aliphatic carbocycles. The molecule has 10 fully saturated rings. The molecule has 0 aromatic carbocycles. The molecule has 10 aliphatic heterocycles. The van der Waals surface area contributed by atoms with Crippen LogP contribution < -0.4 is 31.9 Å². The molecule has 10 saturated heterocycles. The highest BCUT2D eigenvalue weighted by Gasteiger charge is 2.62. The van der Waals surface area contributed by atoms with Crippen LogP contribution in [0.25, 0.3) is 0 Å². The molecule has 744 valence electrons. The fourth-order valence-corrected chi connectivity index (χ4v) is 16.6. The highest BCUT2D eigenvalue weighted by molar-refractivity contribution is 5.75. The van der Waals surface area contributed by atoms with E-state index in [0.29, 0.717) is 0 Å². The Labute approximate surface area is 731 Å². The summed E-state index contributed by atoms with van der Waals surface area (Å²) in [6.07, 6.45) is -94.8. The lowest BCUT2D eigenvalue weighted by atomic mass is 9.93. The molecule has 0 saturated carbocycles. The Morgan fingerprint density at radius 1 is 0.202 bits per heavy atom. The third-order valence-corrected chi connectivity index (χ3v) is 23.3. The first kappa shape index (κ1) is 106. The van der Waals surface area contributed by atoms with Gasteiger partial charge in [0.25, 0.3) is 0 Å². The average molecular weight is 1890 g/mol. The van der Waals surface area contributed by atoms with E-state index >= 15 is 0 Å². The van der Waals surface area contributed by atoms with Gasteiger partial charge in [0.05, 0.1) is 66.1 Å². The average Bonchev–Trinajstić information content (AvgIpc) is 0.683. The number of carbonyl (C=O) groups excluding carboxylic acids is 6. The molecule has 1 unspecified atom stereocenters. The molecule has 10 heterocycles. The number of aliphatic hydroxyl groups excluding tert-OH is 26. The third-order valence-electron chi connectivity index (χ3n) is 23.3. The van der Waals surface area contributed by atoms with Crippen LogP contribution in [0, 0.1) is 0 Å². The van der Waals surface area contributed by atoms with Crippen molar-refractivity contribution in [2.75, 3.05) is 66.1 Å². The van der Waals surface area contributed by atoms with Gasteiger partial charge in [0.2, 0.25) is 35.4 Å². The van der Waals surface area contributed by atoms with Gasteiger partial charge in [-0.25, -0.2) is 0 Å². The Kier molecular flexibility index (Phi) is 38.4. The van der Waals surface area contributed by atoms with Crippen molar-refractivity contribution >= 4 is 35.4 Å². The van der Waals surface area contributed by atoms with E-state index in [9.17, 15) is 162 Å². The summed E-state index contributed by atoms with van der Waals surface area (Å²) in [6.45, 7) is -5.69. The van der Waals surface area contributed by atoms with Gasteiger partial charge < -0.3 is 255 Å². The van der Waals surface area contributed by atoms with Gasteiger partial charge in [-0.15, -0.1) is 0 Å². The second kappa shape index (κ2) is 46.7. The van der Waals surface area contributed by atoms with Crippen molar-refractivity contribution in [3.63, 3.8) is 0 Å². The van der Waals surface area contributed by atoms with E-state index in [4.69, 9.17) is 90.0 Å². The maximum Gasteiger partial charge on any atom is 0.217 e. The summed E-state index contributed by atoms with van der Waals surface area (Å²) in [5, 5.41) is 309. The number of amides is 6. The summed E-state index contributed by atoms with van der Waals surface area (Å²) in [7, 11) is 0. The lowest BCUT2D eigenvalue weighted by Crippen LogP contribution is -2.71. The van der Waals surface area contributed by atoms with E-state index in [2.05, 4.69) is 31.9 Å². The minimum Gasteiger partial charge on any atom is -0.394 e. The Hall–Kier alpha value is -4.98. The van der Waals surface area contributed by atoms with Crippen LogP contribution in [0.15, 0.2) is 0 Å². The number of aliphatic hydroxyl groups is 26. The molecule has 57 nitrogen and oxygen atoms in total. The number of hydrogen-bond donors (Lipinski definition) is 32. The smallest absolute Gasteiger partial charge is 0.217 e. The van der Waals surface area contributed by atoms with E-state index in [-0.39, 0.29) is 0 Å². The van der Waals surface area contributed by atoms with Crippen LogP contribution in [0.2, 0.25) is 0 Å². The zero-order valence-electron chi connectivity index (χ0n) is 69.8. The quantitative estimate of drug-likeness (QED) is 0.0284. The molecule has 129 heavy (non-hydrogen) atoms. The zero-order valence-corrected chi connectivity index (χ0v) is 69.8.